The number of rotatable bonds is 4. The number of carbonyl (C=O) groups is 2. The number of amides is 2. The number of carbonyl (C=O) groups excluding carboxylic acids is 2. The third-order valence-electron chi connectivity index (χ3n) is 3.68. The predicted molar refractivity (Wildman–Crippen MR) is 128 cm³/mol. The first kappa shape index (κ1) is 25.6. The number of guanidine groups is 1. The van der Waals surface area contributed by atoms with Crippen LogP contribution in [-0.2, 0) is 9.47 Å². The highest BCUT2D eigenvalue weighted by Gasteiger charge is 2.20. The Kier molecular flexibility index (Phi) is 8.39. The third-order valence-corrected chi connectivity index (χ3v) is 3.68. The molecule has 1 heterocycles. The van der Waals surface area contributed by atoms with Gasteiger partial charge < -0.3 is 19.5 Å². The second-order valence-corrected chi connectivity index (χ2v) is 9.08. The number of benzene rings is 1. The van der Waals surface area contributed by atoms with Crippen molar-refractivity contribution in [2.75, 3.05) is 11.9 Å². The Morgan fingerprint density at radius 3 is 2.33 bits per heavy atom. The maximum absolute atomic E-state index is 12.3. The molecule has 2 aromatic rings. The van der Waals surface area contributed by atoms with E-state index in [1.807, 2.05) is 25.1 Å². The van der Waals surface area contributed by atoms with Crippen molar-refractivity contribution in [3.8, 4) is 17.0 Å². The fraction of sp³-hybridized carbons (Fsp3) is 0.417. The van der Waals surface area contributed by atoms with E-state index < -0.39 is 23.4 Å². The van der Waals surface area contributed by atoms with E-state index in [4.69, 9.17) is 14.2 Å². The molecule has 0 aliphatic carbocycles. The van der Waals surface area contributed by atoms with Gasteiger partial charge in [-0.05, 0) is 66.7 Å². The fourth-order valence-electron chi connectivity index (χ4n) is 2.58. The van der Waals surface area contributed by atoms with Crippen molar-refractivity contribution in [3.63, 3.8) is 0 Å². The number of aliphatic imine (C=N–C) groups is 1. The summed E-state index contributed by atoms with van der Waals surface area (Å²) in [6, 6.07) is 10.9. The SMILES string of the molecule is CCOc1ccnc(-c2cccc(NC(=NC(=O)OC(C)(C)C)NC(=O)OC(C)(C)C)c2)c1. The van der Waals surface area contributed by atoms with Crippen molar-refractivity contribution in [3.05, 3.63) is 42.6 Å². The van der Waals surface area contributed by atoms with Crippen molar-refractivity contribution in [1.29, 1.82) is 0 Å². The number of hydrogen-bond donors (Lipinski definition) is 2. The number of pyridine rings is 1. The number of nitrogens with zero attached hydrogens (tertiary/aromatic N) is 2. The monoisotopic (exact) mass is 456 g/mol. The molecule has 0 radical (unpaired) electrons. The molecule has 33 heavy (non-hydrogen) atoms. The Morgan fingerprint density at radius 2 is 1.70 bits per heavy atom. The molecule has 9 heteroatoms. The molecule has 0 spiro atoms. The van der Waals surface area contributed by atoms with Gasteiger partial charge in [0, 0.05) is 23.5 Å². The highest BCUT2D eigenvalue weighted by Crippen LogP contribution is 2.24. The molecule has 1 aromatic carbocycles. The molecule has 2 rings (SSSR count). The minimum atomic E-state index is -0.858. The lowest BCUT2D eigenvalue weighted by Gasteiger charge is -2.21. The maximum Gasteiger partial charge on any atom is 0.437 e. The van der Waals surface area contributed by atoms with Gasteiger partial charge in [-0.2, -0.15) is 0 Å². The van der Waals surface area contributed by atoms with Crippen molar-refractivity contribution in [2.45, 2.75) is 59.7 Å². The molecule has 1 aromatic heterocycles. The van der Waals surface area contributed by atoms with Crippen LogP contribution in [0, 0.1) is 0 Å². The summed E-state index contributed by atoms with van der Waals surface area (Å²) in [6.07, 6.45) is 0.0442. The first-order chi connectivity index (χ1) is 15.3. The summed E-state index contributed by atoms with van der Waals surface area (Å²) in [5.74, 6) is 0.575. The number of anilines is 1. The van der Waals surface area contributed by atoms with Gasteiger partial charge in [-0.25, -0.2) is 9.59 Å². The van der Waals surface area contributed by atoms with Crippen LogP contribution in [0.4, 0.5) is 15.3 Å². The molecule has 0 unspecified atom stereocenters. The molecule has 0 atom stereocenters. The van der Waals surface area contributed by atoms with Gasteiger partial charge >= 0.3 is 12.2 Å². The average molecular weight is 457 g/mol. The van der Waals surface area contributed by atoms with Crippen LogP contribution >= 0.6 is 0 Å². The van der Waals surface area contributed by atoms with Gasteiger partial charge in [-0.1, -0.05) is 12.1 Å². The van der Waals surface area contributed by atoms with E-state index in [2.05, 4.69) is 20.6 Å². The molecule has 0 aliphatic heterocycles. The highest BCUT2D eigenvalue weighted by molar-refractivity contribution is 6.06. The van der Waals surface area contributed by atoms with Crippen molar-refractivity contribution in [2.24, 2.45) is 4.99 Å². The molecule has 0 bridgehead atoms. The highest BCUT2D eigenvalue weighted by atomic mass is 16.6. The van der Waals surface area contributed by atoms with Crippen LogP contribution in [0.2, 0.25) is 0 Å². The summed E-state index contributed by atoms with van der Waals surface area (Å²) in [4.78, 5) is 32.8. The lowest BCUT2D eigenvalue weighted by Crippen LogP contribution is -2.40. The van der Waals surface area contributed by atoms with Crippen LogP contribution in [-0.4, -0.2) is 40.9 Å². The summed E-state index contributed by atoms with van der Waals surface area (Å²) in [7, 11) is 0. The molecule has 0 saturated heterocycles. The van der Waals surface area contributed by atoms with Gasteiger partial charge in [0.2, 0.25) is 5.96 Å². The van der Waals surface area contributed by atoms with Crippen LogP contribution < -0.4 is 15.4 Å². The number of nitrogens with one attached hydrogen (secondary N) is 2. The first-order valence-corrected chi connectivity index (χ1v) is 10.6. The zero-order chi connectivity index (χ0) is 24.6. The standard InChI is InChI=1S/C24H32N4O5/c1-8-31-18-12-13-25-19(15-18)16-10-9-11-17(14-16)26-20(27-21(29)32-23(2,3)4)28-22(30)33-24(5,6)7/h9-15H,8H2,1-7H3,(H2,26,27,28,29,30). The van der Waals surface area contributed by atoms with Gasteiger partial charge in [0.15, 0.2) is 0 Å². The summed E-state index contributed by atoms with van der Waals surface area (Å²) >= 11 is 0. The van der Waals surface area contributed by atoms with Gasteiger partial charge in [0.25, 0.3) is 0 Å². The fourth-order valence-corrected chi connectivity index (χ4v) is 2.58. The molecule has 0 aliphatic rings. The molecule has 178 valence electrons. The van der Waals surface area contributed by atoms with Crippen LogP contribution in [0.3, 0.4) is 0 Å². The Labute approximate surface area is 194 Å². The largest absolute Gasteiger partial charge is 0.494 e. The smallest absolute Gasteiger partial charge is 0.437 e. The van der Waals surface area contributed by atoms with Crippen molar-refractivity contribution in [1.82, 2.24) is 10.3 Å². The Hall–Kier alpha value is -3.62. The zero-order valence-electron chi connectivity index (χ0n) is 20.2. The zero-order valence-corrected chi connectivity index (χ0v) is 20.2. The second kappa shape index (κ2) is 10.8. The Bertz CT molecular complexity index is 1010. The topological polar surface area (TPSA) is 111 Å². The summed E-state index contributed by atoms with van der Waals surface area (Å²) in [5.41, 5.74) is 0.604. The Morgan fingerprint density at radius 1 is 1.00 bits per heavy atom. The van der Waals surface area contributed by atoms with E-state index in [1.165, 1.54) is 0 Å². The second-order valence-electron chi connectivity index (χ2n) is 9.08. The van der Waals surface area contributed by atoms with Crippen molar-refractivity contribution >= 4 is 23.8 Å². The summed E-state index contributed by atoms with van der Waals surface area (Å²) < 4.78 is 16.0. The van der Waals surface area contributed by atoms with Gasteiger partial charge in [0.05, 0.1) is 12.3 Å². The van der Waals surface area contributed by atoms with Crippen LogP contribution in [0.25, 0.3) is 11.3 Å². The van der Waals surface area contributed by atoms with Crippen LogP contribution in [0.5, 0.6) is 5.75 Å². The first-order valence-electron chi connectivity index (χ1n) is 10.6. The van der Waals surface area contributed by atoms with E-state index in [-0.39, 0.29) is 5.96 Å². The molecule has 2 N–H and O–H groups in total. The average Bonchev–Trinajstić information content (AvgIpc) is 2.65. The molecular weight excluding hydrogens is 424 g/mol. The van der Waals surface area contributed by atoms with E-state index in [0.29, 0.717) is 23.7 Å². The van der Waals surface area contributed by atoms with E-state index in [1.54, 1.807) is 65.9 Å². The molecular formula is C24H32N4O5. The van der Waals surface area contributed by atoms with Gasteiger partial charge in [-0.3, -0.25) is 10.3 Å². The third kappa shape index (κ3) is 9.59. The number of alkyl carbamates (subject to hydrolysis) is 1. The summed E-state index contributed by atoms with van der Waals surface area (Å²) in [6.45, 7) is 12.8. The molecule has 2 amide bonds. The minimum absolute atomic E-state index is 0.133. The normalized spacial score (nSPS) is 12.0. The molecule has 0 fully saturated rings. The van der Waals surface area contributed by atoms with Crippen molar-refractivity contribution < 1.29 is 23.8 Å². The molecule has 9 nitrogen and oxygen atoms in total. The van der Waals surface area contributed by atoms with E-state index >= 15 is 0 Å². The van der Waals surface area contributed by atoms with Crippen LogP contribution in [0.1, 0.15) is 48.5 Å². The predicted octanol–water partition coefficient (Wildman–Crippen LogP) is 5.38. The molecule has 0 saturated carbocycles. The lowest BCUT2D eigenvalue weighted by atomic mass is 10.1. The van der Waals surface area contributed by atoms with E-state index in [0.717, 1.165) is 5.56 Å². The number of aromatic nitrogens is 1. The Balaban J connectivity index is 2.29. The van der Waals surface area contributed by atoms with Gasteiger partial charge in [-0.15, -0.1) is 4.99 Å². The van der Waals surface area contributed by atoms with Crippen LogP contribution in [0.15, 0.2) is 47.6 Å². The summed E-state index contributed by atoms with van der Waals surface area (Å²) in [5, 5.41) is 5.41. The number of ether oxygens (including phenoxy) is 3. The quantitative estimate of drug-likeness (QED) is 0.469. The van der Waals surface area contributed by atoms with E-state index in [9.17, 15) is 9.59 Å². The maximum atomic E-state index is 12.3. The minimum Gasteiger partial charge on any atom is -0.494 e. The number of hydrogen-bond acceptors (Lipinski definition) is 6. The lowest BCUT2D eigenvalue weighted by molar-refractivity contribution is 0.0562. The van der Waals surface area contributed by atoms with Gasteiger partial charge in [0.1, 0.15) is 17.0 Å².